The summed E-state index contributed by atoms with van der Waals surface area (Å²) in [5.74, 6) is 0.459. The SMILES string of the molecule is COc1ccc([C@H]2N(Cc3ccccc3)C(=O)[C@@]2(O)c2ccccc2)cc1. The minimum atomic E-state index is -1.56. The number of β-lactam (4-membered cyclic amide) rings is 1. The number of carbonyl (C=O) groups excluding carboxylic acids is 1. The van der Waals surface area contributed by atoms with Crippen molar-refractivity contribution in [2.24, 2.45) is 0 Å². The summed E-state index contributed by atoms with van der Waals surface area (Å²) in [5, 5.41) is 11.4. The molecule has 4 rings (SSSR count). The van der Waals surface area contributed by atoms with Gasteiger partial charge in [0.15, 0.2) is 5.60 Å². The predicted molar refractivity (Wildman–Crippen MR) is 103 cm³/mol. The molecule has 136 valence electrons. The highest BCUT2D eigenvalue weighted by atomic mass is 16.5. The molecule has 1 aliphatic rings. The third-order valence-corrected chi connectivity index (χ3v) is 5.14. The van der Waals surface area contributed by atoms with Gasteiger partial charge in [0.05, 0.1) is 13.2 Å². The predicted octanol–water partition coefficient (Wildman–Crippen LogP) is 3.67. The fourth-order valence-electron chi connectivity index (χ4n) is 3.74. The van der Waals surface area contributed by atoms with Crippen molar-refractivity contribution in [2.75, 3.05) is 7.11 Å². The number of benzene rings is 3. The summed E-state index contributed by atoms with van der Waals surface area (Å²) >= 11 is 0. The van der Waals surface area contributed by atoms with Gasteiger partial charge >= 0.3 is 0 Å². The highest BCUT2D eigenvalue weighted by Crippen LogP contribution is 2.50. The molecular weight excluding hydrogens is 338 g/mol. The van der Waals surface area contributed by atoms with E-state index in [9.17, 15) is 9.90 Å². The number of methoxy groups -OCH3 is 1. The Morgan fingerprint density at radius 2 is 1.52 bits per heavy atom. The molecule has 1 heterocycles. The molecule has 4 nitrogen and oxygen atoms in total. The summed E-state index contributed by atoms with van der Waals surface area (Å²) in [5.41, 5.74) is 0.947. The van der Waals surface area contributed by atoms with Crippen molar-refractivity contribution in [1.82, 2.24) is 4.90 Å². The molecule has 1 saturated heterocycles. The van der Waals surface area contributed by atoms with Crippen LogP contribution in [0.5, 0.6) is 5.75 Å². The second-order valence-electron chi connectivity index (χ2n) is 6.73. The van der Waals surface area contributed by atoms with Crippen LogP contribution in [-0.4, -0.2) is 23.0 Å². The van der Waals surface area contributed by atoms with Crippen molar-refractivity contribution in [2.45, 2.75) is 18.2 Å². The van der Waals surface area contributed by atoms with Crippen molar-refractivity contribution < 1.29 is 14.6 Å². The first-order valence-electron chi connectivity index (χ1n) is 8.91. The van der Waals surface area contributed by atoms with E-state index in [4.69, 9.17) is 4.74 Å². The summed E-state index contributed by atoms with van der Waals surface area (Å²) in [6.07, 6.45) is 0. The third-order valence-electron chi connectivity index (χ3n) is 5.14. The first-order valence-corrected chi connectivity index (χ1v) is 8.91. The number of aliphatic hydroxyl groups is 1. The van der Waals surface area contributed by atoms with Crippen molar-refractivity contribution in [3.8, 4) is 5.75 Å². The summed E-state index contributed by atoms with van der Waals surface area (Å²) in [4.78, 5) is 14.8. The molecule has 0 bridgehead atoms. The van der Waals surface area contributed by atoms with Gasteiger partial charge in [-0.15, -0.1) is 0 Å². The van der Waals surface area contributed by atoms with Crippen molar-refractivity contribution >= 4 is 5.91 Å². The number of nitrogens with zero attached hydrogens (tertiary/aromatic N) is 1. The molecule has 3 aromatic carbocycles. The van der Waals surface area contributed by atoms with Gasteiger partial charge in [-0.2, -0.15) is 0 Å². The number of carbonyl (C=O) groups is 1. The van der Waals surface area contributed by atoms with Gasteiger partial charge in [-0.25, -0.2) is 0 Å². The first-order chi connectivity index (χ1) is 13.1. The average Bonchev–Trinajstić information content (AvgIpc) is 2.74. The van der Waals surface area contributed by atoms with Crippen LogP contribution in [-0.2, 0) is 16.9 Å². The maximum absolute atomic E-state index is 13.0. The zero-order chi connectivity index (χ0) is 18.9. The second-order valence-corrected chi connectivity index (χ2v) is 6.73. The van der Waals surface area contributed by atoms with Crippen LogP contribution in [0.25, 0.3) is 0 Å². The van der Waals surface area contributed by atoms with Crippen LogP contribution in [0.3, 0.4) is 0 Å². The largest absolute Gasteiger partial charge is 0.497 e. The van der Waals surface area contributed by atoms with Gasteiger partial charge in [0.25, 0.3) is 5.91 Å². The van der Waals surface area contributed by atoms with E-state index in [2.05, 4.69) is 0 Å². The van der Waals surface area contributed by atoms with E-state index in [1.165, 1.54) is 0 Å². The standard InChI is InChI=1S/C23H21NO3/c1-27-20-14-12-18(13-15-20)21-23(26,19-10-6-3-7-11-19)22(25)24(21)16-17-8-4-2-5-9-17/h2-15,21,26H,16H2,1H3/t21-,23-/m1/s1. The van der Waals surface area contributed by atoms with Crippen LogP contribution in [0.4, 0.5) is 0 Å². The number of hydrogen-bond donors (Lipinski definition) is 1. The lowest BCUT2D eigenvalue weighted by Crippen LogP contribution is -2.65. The molecule has 1 aliphatic heterocycles. The van der Waals surface area contributed by atoms with E-state index in [1.54, 1.807) is 24.1 Å². The van der Waals surface area contributed by atoms with E-state index in [0.717, 1.165) is 16.9 Å². The summed E-state index contributed by atoms with van der Waals surface area (Å²) in [6, 6.07) is 26.0. The monoisotopic (exact) mass is 359 g/mol. The summed E-state index contributed by atoms with van der Waals surface area (Å²) in [7, 11) is 1.61. The maximum atomic E-state index is 13.0. The minimum Gasteiger partial charge on any atom is -0.497 e. The number of likely N-dealkylation sites (tertiary alicyclic amines) is 1. The lowest BCUT2D eigenvalue weighted by atomic mass is 9.73. The molecule has 1 amide bonds. The van der Waals surface area contributed by atoms with Crippen molar-refractivity contribution in [1.29, 1.82) is 0 Å². The molecule has 0 radical (unpaired) electrons. The molecule has 4 heteroatoms. The number of hydrogen-bond acceptors (Lipinski definition) is 3. The Labute approximate surface area is 158 Å². The zero-order valence-corrected chi connectivity index (χ0v) is 15.1. The molecule has 1 fully saturated rings. The Balaban J connectivity index is 1.74. The fourth-order valence-corrected chi connectivity index (χ4v) is 3.74. The van der Waals surface area contributed by atoms with Gasteiger partial charge in [-0.3, -0.25) is 4.79 Å². The van der Waals surface area contributed by atoms with Crippen LogP contribution in [0.15, 0.2) is 84.9 Å². The van der Waals surface area contributed by atoms with E-state index in [0.29, 0.717) is 12.1 Å². The minimum absolute atomic E-state index is 0.279. The Kier molecular flexibility index (Phi) is 4.42. The Morgan fingerprint density at radius 1 is 0.926 bits per heavy atom. The van der Waals surface area contributed by atoms with Gasteiger partial charge in [0, 0.05) is 6.54 Å². The quantitative estimate of drug-likeness (QED) is 0.707. The smallest absolute Gasteiger partial charge is 0.262 e. The van der Waals surface area contributed by atoms with Gasteiger partial charge < -0.3 is 14.7 Å². The molecule has 0 aromatic heterocycles. The zero-order valence-electron chi connectivity index (χ0n) is 15.1. The van der Waals surface area contributed by atoms with E-state index >= 15 is 0 Å². The third kappa shape index (κ3) is 2.88. The number of rotatable bonds is 5. The molecule has 0 unspecified atom stereocenters. The van der Waals surface area contributed by atoms with Gasteiger partial charge in [0.2, 0.25) is 0 Å². The second kappa shape index (κ2) is 6.89. The van der Waals surface area contributed by atoms with Crippen LogP contribution in [0, 0.1) is 0 Å². The van der Waals surface area contributed by atoms with Crippen molar-refractivity contribution in [3.05, 3.63) is 102 Å². The summed E-state index contributed by atoms with van der Waals surface area (Å²) < 4.78 is 5.24. The molecule has 0 spiro atoms. The first kappa shape index (κ1) is 17.3. The van der Waals surface area contributed by atoms with E-state index in [-0.39, 0.29) is 5.91 Å². The van der Waals surface area contributed by atoms with Crippen LogP contribution >= 0.6 is 0 Å². The molecule has 2 atom stereocenters. The normalized spacial score (nSPS) is 21.6. The van der Waals surface area contributed by atoms with Crippen LogP contribution in [0.1, 0.15) is 22.7 Å². The Hall–Kier alpha value is -3.11. The van der Waals surface area contributed by atoms with Crippen molar-refractivity contribution in [3.63, 3.8) is 0 Å². The molecular formula is C23H21NO3. The van der Waals surface area contributed by atoms with Crippen LogP contribution in [0.2, 0.25) is 0 Å². The Morgan fingerprint density at radius 3 is 2.11 bits per heavy atom. The molecule has 0 aliphatic carbocycles. The topological polar surface area (TPSA) is 49.8 Å². The van der Waals surface area contributed by atoms with Gasteiger partial charge in [-0.05, 0) is 28.8 Å². The molecule has 27 heavy (non-hydrogen) atoms. The average molecular weight is 359 g/mol. The molecule has 0 saturated carbocycles. The maximum Gasteiger partial charge on any atom is 0.262 e. The van der Waals surface area contributed by atoms with Gasteiger partial charge in [0.1, 0.15) is 5.75 Å². The van der Waals surface area contributed by atoms with Crippen LogP contribution < -0.4 is 4.74 Å². The fraction of sp³-hybridized carbons (Fsp3) is 0.174. The van der Waals surface area contributed by atoms with E-state index < -0.39 is 11.6 Å². The van der Waals surface area contributed by atoms with Gasteiger partial charge in [-0.1, -0.05) is 72.8 Å². The summed E-state index contributed by atoms with van der Waals surface area (Å²) in [6.45, 7) is 0.450. The number of amides is 1. The number of ether oxygens (including phenoxy) is 1. The molecule has 3 aromatic rings. The lowest BCUT2D eigenvalue weighted by Gasteiger charge is -2.53. The van der Waals surface area contributed by atoms with E-state index in [1.807, 2.05) is 72.8 Å². The highest BCUT2D eigenvalue weighted by molar-refractivity contribution is 5.94. The highest BCUT2D eigenvalue weighted by Gasteiger charge is 2.61. The molecule has 1 N–H and O–H groups in total. The lowest BCUT2D eigenvalue weighted by molar-refractivity contribution is -0.198. The Bertz CT molecular complexity index is 925.